The minimum Gasteiger partial charge on any atom is -0.398 e. The molecular formula is C13H22N2O2S3. The average molecular weight is 335 g/mol. The van der Waals surface area contributed by atoms with E-state index in [1.54, 1.807) is 11.8 Å². The summed E-state index contributed by atoms with van der Waals surface area (Å²) in [5, 5.41) is 0. The van der Waals surface area contributed by atoms with E-state index >= 15 is 0 Å². The number of rotatable bonds is 9. The molecular weight excluding hydrogens is 312 g/mol. The Morgan fingerprint density at radius 1 is 1.35 bits per heavy atom. The standard InChI is InChI=1S/C13H22N2O2S3/c1-11(10-18-2)9-15-20(16,17)8-7-19-13-6-4-3-5-12(13)14/h3-6,11,15H,7-10,14H2,1-2H3. The normalized spacial score (nSPS) is 13.3. The fourth-order valence-electron chi connectivity index (χ4n) is 1.56. The molecule has 0 heterocycles. The van der Waals surface area contributed by atoms with Crippen molar-refractivity contribution in [3.05, 3.63) is 24.3 Å². The molecule has 1 aromatic rings. The topological polar surface area (TPSA) is 72.2 Å². The zero-order valence-corrected chi connectivity index (χ0v) is 14.3. The molecule has 7 heteroatoms. The molecule has 4 nitrogen and oxygen atoms in total. The van der Waals surface area contributed by atoms with E-state index in [4.69, 9.17) is 5.73 Å². The lowest BCUT2D eigenvalue weighted by molar-refractivity contribution is 0.564. The molecule has 0 radical (unpaired) electrons. The number of benzene rings is 1. The van der Waals surface area contributed by atoms with Gasteiger partial charge in [0.05, 0.1) is 5.75 Å². The van der Waals surface area contributed by atoms with Gasteiger partial charge in [0.2, 0.25) is 10.0 Å². The third kappa shape index (κ3) is 6.88. The second kappa shape index (κ2) is 8.81. The zero-order valence-electron chi connectivity index (χ0n) is 11.8. The molecule has 1 rings (SSSR count). The highest BCUT2D eigenvalue weighted by Gasteiger charge is 2.12. The predicted molar refractivity (Wildman–Crippen MR) is 90.9 cm³/mol. The molecule has 0 aliphatic carbocycles. The number of hydrogen-bond acceptors (Lipinski definition) is 5. The van der Waals surface area contributed by atoms with E-state index < -0.39 is 10.0 Å². The molecule has 3 N–H and O–H groups in total. The summed E-state index contributed by atoms with van der Waals surface area (Å²) in [5.41, 5.74) is 6.51. The molecule has 114 valence electrons. The third-order valence-corrected chi connectivity index (χ3v) is 6.23. The van der Waals surface area contributed by atoms with Gasteiger partial charge in [-0.25, -0.2) is 13.1 Å². The molecule has 1 atom stereocenters. The van der Waals surface area contributed by atoms with Crippen LogP contribution in [0.25, 0.3) is 0 Å². The summed E-state index contributed by atoms with van der Waals surface area (Å²) in [5.74, 6) is 1.91. The van der Waals surface area contributed by atoms with Crippen LogP contribution < -0.4 is 10.5 Å². The van der Waals surface area contributed by atoms with Crippen LogP contribution in [0, 0.1) is 5.92 Å². The number of anilines is 1. The Morgan fingerprint density at radius 2 is 2.05 bits per heavy atom. The second-order valence-electron chi connectivity index (χ2n) is 4.61. The molecule has 0 aliphatic rings. The van der Waals surface area contributed by atoms with Gasteiger partial charge < -0.3 is 5.73 Å². The summed E-state index contributed by atoms with van der Waals surface area (Å²) in [4.78, 5) is 0.929. The molecule has 0 spiro atoms. The summed E-state index contributed by atoms with van der Waals surface area (Å²) < 4.78 is 26.4. The quantitative estimate of drug-likeness (QED) is 0.535. The van der Waals surface area contributed by atoms with Gasteiger partial charge in [-0.3, -0.25) is 0 Å². The van der Waals surface area contributed by atoms with E-state index in [0.29, 0.717) is 23.9 Å². The van der Waals surface area contributed by atoms with Crippen LogP contribution in [0.5, 0.6) is 0 Å². The maximum Gasteiger partial charge on any atom is 0.212 e. The van der Waals surface area contributed by atoms with E-state index in [9.17, 15) is 8.42 Å². The predicted octanol–water partition coefficient (Wildman–Crippen LogP) is 2.28. The molecule has 0 aliphatic heterocycles. The first kappa shape index (κ1) is 17.7. The Bertz CT molecular complexity index is 506. The monoisotopic (exact) mass is 334 g/mol. The maximum atomic E-state index is 11.9. The van der Waals surface area contributed by atoms with Gasteiger partial charge in [-0.2, -0.15) is 11.8 Å². The zero-order chi connectivity index (χ0) is 15.0. The number of sulfonamides is 1. The van der Waals surface area contributed by atoms with Crippen molar-refractivity contribution in [2.24, 2.45) is 5.92 Å². The fourth-order valence-corrected chi connectivity index (χ4v) is 4.77. The van der Waals surface area contributed by atoms with Crippen LogP contribution in [-0.2, 0) is 10.0 Å². The van der Waals surface area contributed by atoms with E-state index in [-0.39, 0.29) is 5.75 Å². The van der Waals surface area contributed by atoms with Gasteiger partial charge in [0.25, 0.3) is 0 Å². The number of thioether (sulfide) groups is 2. The number of hydrogen-bond donors (Lipinski definition) is 2. The van der Waals surface area contributed by atoms with Gasteiger partial charge in [0.15, 0.2) is 0 Å². The molecule has 0 aromatic heterocycles. The number of nitrogens with two attached hydrogens (primary N) is 1. The van der Waals surface area contributed by atoms with Crippen LogP contribution in [0.2, 0.25) is 0 Å². The first-order valence-electron chi connectivity index (χ1n) is 6.38. The first-order valence-corrected chi connectivity index (χ1v) is 10.4. The summed E-state index contributed by atoms with van der Waals surface area (Å²) in [6.45, 7) is 2.54. The SMILES string of the molecule is CSCC(C)CNS(=O)(=O)CCSc1ccccc1N. The molecule has 1 unspecified atom stereocenters. The Hall–Kier alpha value is -0.370. The van der Waals surface area contributed by atoms with E-state index in [0.717, 1.165) is 10.6 Å². The molecule has 1 aromatic carbocycles. The van der Waals surface area contributed by atoms with E-state index in [2.05, 4.69) is 4.72 Å². The molecule has 0 saturated carbocycles. The highest BCUT2D eigenvalue weighted by Crippen LogP contribution is 2.24. The average Bonchev–Trinajstić information content (AvgIpc) is 2.39. The minimum atomic E-state index is -3.20. The number of para-hydroxylation sites is 1. The van der Waals surface area contributed by atoms with Crippen molar-refractivity contribution in [3.63, 3.8) is 0 Å². The highest BCUT2D eigenvalue weighted by atomic mass is 32.2. The van der Waals surface area contributed by atoms with Crippen molar-refractivity contribution >= 4 is 39.2 Å². The largest absolute Gasteiger partial charge is 0.398 e. The lowest BCUT2D eigenvalue weighted by atomic mass is 10.2. The first-order chi connectivity index (χ1) is 9.44. The van der Waals surface area contributed by atoms with Gasteiger partial charge >= 0.3 is 0 Å². The van der Waals surface area contributed by atoms with Crippen molar-refractivity contribution in [1.82, 2.24) is 4.72 Å². The van der Waals surface area contributed by atoms with Crippen LogP contribution in [0.15, 0.2) is 29.2 Å². The van der Waals surface area contributed by atoms with Crippen molar-refractivity contribution in [2.45, 2.75) is 11.8 Å². The van der Waals surface area contributed by atoms with Crippen LogP contribution >= 0.6 is 23.5 Å². The summed E-state index contributed by atoms with van der Waals surface area (Å²) >= 11 is 3.19. The van der Waals surface area contributed by atoms with Crippen LogP contribution in [0.1, 0.15) is 6.92 Å². The summed E-state index contributed by atoms with van der Waals surface area (Å²) in [7, 11) is -3.20. The van der Waals surface area contributed by atoms with Crippen molar-refractivity contribution in [3.8, 4) is 0 Å². The van der Waals surface area contributed by atoms with E-state index in [1.807, 2.05) is 37.4 Å². The summed E-state index contributed by atoms with van der Waals surface area (Å²) in [6, 6.07) is 7.49. The van der Waals surface area contributed by atoms with Gasteiger partial charge in [0, 0.05) is 22.9 Å². The summed E-state index contributed by atoms with van der Waals surface area (Å²) in [6.07, 6.45) is 2.02. The smallest absolute Gasteiger partial charge is 0.212 e. The minimum absolute atomic E-state index is 0.109. The third-order valence-electron chi connectivity index (χ3n) is 2.63. The van der Waals surface area contributed by atoms with E-state index in [1.165, 1.54) is 11.8 Å². The fraction of sp³-hybridized carbons (Fsp3) is 0.538. The van der Waals surface area contributed by atoms with Gasteiger partial charge in [-0.15, -0.1) is 11.8 Å². The lowest BCUT2D eigenvalue weighted by Gasteiger charge is -2.11. The van der Waals surface area contributed by atoms with Crippen LogP contribution in [-0.4, -0.2) is 38.5 Å². The molecule has 0 amide bonds. The maximum absolute atomic E-state index is 11.9. The Morgan fingerprint density at radius 3 is 2.70 bits per heavy atom. The van der Waals surface area contributed by atoms with Crippen molar-refractivity contribution in [2.75, 3.05) is 35.8 Å². The molecule has 0 saturated heterocycles. The van der Waals surface area contributed by atoms with Crippen LogP contribution in [0.3, 0.4) is 0 Å². The highest BCUT2D eigenvalue weighted by molar-refractivity contribution is 8.00. The lowest BCUT2D eigenvalue weighted by Crippen LogP contribution is -2.31. The Labute approximate surface area is 130 Å². The number of nitrogen functional groups attached to an aromatic ring is 1. The number of nitrogens with one attached hydrogen (secondary N) is 1. The van der Waals surface area contributed by atoms with Crippen LogP contribution in [0.4, 0.5) is 5.69 Å². The Kier molecular flexibility index (Phi) is 7.79. The van der Waals surface area contributed by atoms with Gasteiger partial charge in [-0.1, -0.05) is 19.1 Å². The van der Waals surface area contributed by atoms with Crippen molar-refractivity contribution in [1.29, 1.82) is 0 Å². The molecule has 0 fully saturated rings. The molecule has 20 heavy (non-hydrogen) atoms. The Balaban J connectivity index is 2.35. The van der Waals surface area contributed by atoms with Crippen molar-refractivity contribution < 1.29 is 8.42 Å². The second-order valence-corrected chi connectivity index (χ2v) is 8.59. The molecule has 0 bridgehead atoms. The van der Waals surface area contributed by atoms with Gasteiger partial charge in [0.1, 0.15) is 0 Å². The van der Waals surface area contributed by atoms with Gasteiger partial charge in [-0.05, 0) is 30.1 Å².